The Labute approximate surface area is 296 Å². The molecule has 0 atom stereocenters. The quantitative estimate of drug-likeness (QED) is 0.186. The molecule has 3 nitrogen and oxygen atoms in total. The van der Waals surface area contributed by atoms with Gasteiger partial charge >= 0.3 is 0 Å². The Hall–Kier alpha value is -6.58. The molecule has 1 aliphatic carbocycles. The molecule has 7 aromatic carbocycles. The molecule has 0 radical (unpaired) electrons. The van der Waals surface area contributed by atoms with Crippen LogP contribution < -0.4 is 0 Å². The Bertz CT molecular complexity index is 2710. The van der Waals surface area contributed by atoms with Gasteiger partial charge < -0.3 is 4.42 Å². The van der Waals surface area contributed by atoms with Crippen LogP contribution in [0, 0.1) is 0 Å². The van der Waals surface area contributed by atoms with E-state index in [4.69, 9.17) is 14.4 Å². The standard InChI is InChI=1S/C48H32N2O/c1-48(41-19-8-5-16-37(41)38-17-6-9-20-42(38)48)36-25-22-31(23-26-36)43-30-44(50-47(49-43)32-12-3-2-4-13-32)35-15-11-14-33(28-35)34-24-27-40-39-18-7-10-21-45(39)51-46(40)29-34/h2-30H,1H3. The SMILES string of the molecule is CC1(c2ccc(-c3cc(-c4cccc(-c5ccc6c(c5)oc5ccccc56)c4)nc(-c4ccccc4)n3)cc2)c2ccccc2-c2ccccc21. The van der Waals surface area contributed by atoms with Crippen molar-refractivity contribution in [3.8, 4) is 56.2 Å². The zero-order valence-corrected chi connectivity index (χ0v) is 28.0. The fourth-order valence-corrected chi connectivity index (χ4v) is 7.96. The third-order valence-electron chi connectivity index (χ3n) is 10.6. The number of nitrogens with zero attached hydrogens (tertiary/aromatic N) is 2. The van der Waals surface area contributed by atoms with E-state index in [1.165, 1.54) is 27.8 Å². The molecule has 0 spiro atoms. The fraction of sp³-hybridized carbons (Fsp3) is 0.0417. The zero-order chi connectivity index (χ0) is 33.9. The topological polar surface area (TPSA) is 38.9 Å². The van der Waals surface area contributed by atoms with Crippen LogP contribution in [-0.2, 0) is 5.41 Å². The monoisotopic (exact) mass is 652 g/mol. The third-order valence-corrected chi connectivity index (χ3v) is 10.6. The van der Waals surface area contributed by atoms with E-state index in [0.717, 1.165) is 61.1 Å². The third kappa shape index (κ3) is 4.74. The van der Waals surface area contributed by atoms with Crippen LogP contribution in [0.15, 0.2) is 180 Å². The summed E-state index contributed by atoms with van der Waals surface area (Å²) >= 11 is 0. The summed E-state index contributed by atoms with van der Waals surface area (Å²) in [6.07, 6.45) is 0. The Morgan fingerprint density at radius 1 is 0.412 bits per heavy atom. The summed E-state index contributed by atoms with van der Waals surface area (Å²) in [5.74, 6) is 0.701. The highest BCUT2D eigenvalue weighted by Crippen LogP contribution is 2.52. The summed E-state index contributed by atoms with van der Waals surface area (Å²) in [4.78, 5) is 10.3. The molecule has 0 saturated carbocycles. The average Bonchev–Trinajstić information content (AvgIpc) is 3.71. The molecule has 0 saturated heterocycles. The van der Waals surface area contributed by atoms with Crippen molar-refractivity contribution in [1.82, 2.24) is 9.97 Å². The van der Waals surface area contributed by atoms with Crippen molar-refractivity contribution in [2.75, 3.05) is 0 Å². The Morgan fingerprint density at radius 2 is 0.980 bits per heavy atom. The molecule has 2 aromatic heterocycles. The summed E-state index contributed by atoms with van der Waals surface area (Å²) in [6.45, 7) is 2.35. The highest BCUT2D eigenvalue weighted by molar-refractivity contribution is 6.05. The van der Waals surface area contributed by atoms with Crippen LogP contribution in [0.2, 0.25) is 0 Å². The van der Waals surface area contributed by atoms with Crippen LogP contribution in [-0.4, -0.2) is 9.97 Å². The van der Waals surface area contributed by atoms with Gasteiger partial charge in [0.05, 0.1) is 11.4 Å². The van der Waals surface area contributed by atoms with Gasteiger partial charge in [-0.1, -0.05) is 146 Å². The van der Waals surface area contributed by atoms with Gasteiger partial charge in [0.25, 0.3) is 0 Å². The first-order chi connectivity index (χ1) is 25.1. The van der Waals surface area contributed by atoms with Crippen molar-refractivity contribution in [2.45, 2.75) is 12.3 Å². The van der Waals surface area contributed by atoms with Gasteiger partial charge in [0, 0.05) is 32.9 Å². The normalized spacial score (nSPS) is 13.0. The van der Waals surface area contributed by atoms with Gasteiger partial charge in [-0.05, 0) is 76.2 Å². The van der Waals surface area contributed by atoms with Crippen molar-refractivity contribution >= 4 is 21.9 Å². The fourth-order valence-electron chi connectivity index (χ4n) is 7.96. The molecular formula is C48H32N2O. The lowest BCUT2D eigenvalue weighted by molar-refractivity contribution is 0.669. The van der Waals surface area contributed by atoms with E-state index in [9.17, 15) is 0 Å². The minimum atomic E-state index is -0.246. The van der Waals surface area contributed by atoms with Gasteiger partial charge in [0.1, 0.15) is 11.2 Å². The Morgan fingerprint density at radius 3 is 1.75 bits per heavy atom. The first kappa shape index (κ1) is 29.3. The van der Waals surface area contributed by atoms with Crippen molar-refractivity contribution in [3.63, 3.8) is 0 Å². The maximum Gasteiger partial charge on any atom is 0.160 e. The molecule has 10 rings (SSSR count). The molecule has 240 valence electrons. The van der Waals surface area contributed by atoms with Gasteiger partial charge in [0.2, 0.25) is 0 Å². The molecule has 0 amide bonds. The second-order valence-corrected chi connectivity index (χ2v) is 13.5. The maximum absolute atomic E-state index is 6.22. The summed E-state index contributed by atoms with van der Waals surface area (Å²) in [5.41, 5.74) is 15.1. The second kappa shape index (κ2) is 11.5. The van der Waals surface area contributed by atoms with Crippen molar-refractivity contribution in [1.29, 1.82) is 0 Å². The Balaban J connectivity index is 1.06. The lowest BCUT2D eigenvalue weighted by Crippen LogP contribution is -2.22. The lowest BCUT2D eigenvalue weighted by atomic mass is 9.74. The molecule has 1 aliphatic rings. The van der Waals surface area contributed by atoms with E-state index in [1.54, 1.807) is 0 Å². The van der Waals surface area contributed by atoms with Crippen LogP contribution in [0.1, 0.15) is 23.6 Å². The van der Waals surface area contributed by atoms with Crippen LogP contribution in [0.4, 0.5) is 0 Å². The summed E-state index contributed by atoms with van der Waals surface area (Å²) in [7, 11) is 0. The van der Waals surface area contributed by atoms with E-state index in [-0.39, 0.29) is 5.41 Å². The van der Waals surface area contributed by atoms with E-state index in [0.29, 0.717) is 5.82 Å². The molecule has 3 heteroatoms. The summed E-state index contributed by atoms with van der Waals surface area (Å²) in [6, 6.07) is 62.2. The molecule has 9 aromatic rings. The molecular weight excluding hydrogens is 621 g/mol. The van der Waals surface area contributed by atoms with E-state index >= 15 is 0 Å². The van der Waals surface area contributed by atoms with Gasteiger partial charge in [0.15, 0.2) is 5.82 Å². The Kier molecular flexibility index (Phi) is 6.62. The van der Waals surface area contributed by atoms with E-state index < -0.39 is 0 Å². The number of fused-ring (bicyclic) bond motifs is 6. The number of hydrogen-bond donors (Lipinski definition) is 0. The highest BCUT2D eigenvalue weighted by atomic mass is 16.3. The maximum atomic E-state index is 6.22. The molecule has 51 heavy (non-hydrogen) atoms. The number of rotatable bonds is 5. The molecule has 0 fully saturated rings. The van der Waals surface area contributed by atoms with Gasteiger partial charge in [-0.25, -0.2) is 9.97 Å². The predicted molar refractivity (Wildman–Crippen MR) is 208 cm³/mol. The van der Waals surface area contributed by atoms with Crippen LogP contribution in [0.5, 0.6) is 0 Å². The van der Waals surface area contributed by atoms with E-state index in [1.807, 2.05) is 30.3 Å². The molecule has 0 bridgehead atoms. The second-order valence-electron chi connectivity index (χ2n) is 13.5. The molecule has 0 unspecified atom stereocenters. The number of furan rings is 1. The molecule has 0 aliphatic heterocycles. The predicted octanol–water partition coefficient (Wildman–Crippen LogP) is 12.4. The smallest absolute Gasteiger partial charge is 0.160 e. The van der Waals surface area contributed by atoms with Crippen molar-refractivity contribution in [2.24, 2.45) is 0 Å². The minimum Gasteiger partial charge on any atom is -0.456 e. The lowest BCUT2D eigenvalue weighted by Gasteiger charge is -2.28. The van der Waals surface area contributed by atoms with Gasteiger partial charge in [-0.2, -0.15) is 0 Å². The number of aromatic nitrogens is 2. The van der Waals surface area contributed by atoms with Crippen LogP contribution in [0.25, 0.3) is 78.1 Å². The molecule has 0 N–H and O–H groups in total. The zero-order valence-electron chi connectivity index (χ0n) is 28.0. The first-order valence-corrected chi connectivity index (χ1v) is 17.4. The average molecular weight is 653 g/mol. The number of benzene rings is 7. The van der Waals surface area contributed by atoms with Gasteiger partial charge in [-0.15, -0.1) is 0 Å². The summed E-state index contributed by atoms with van der Waals surface area (Å²) in [5, 5.41) is 2.26. The van der Waals surface area contributed by atoms with Gasteiger partial charge in [-0.3, -0.25) is 0 Å². The summed E-state index contributed by atoms with van der Waals surface area (Å²) < 4.78 is 6.22. The molecule has 2 heterocycles. The van der Waals surface area contributed by atoms with Crippen molar-refractivity contribution < 1.29 is 4.42 Å². The first-order valence-electron chi connectivity index (χ1n) is 17.4. The van der Waals surface area contributed by atoms with E-state index in [2.05, 4.69) is 153 Å². The highest BCUT2D eigenvalue weighted by Gasteiger charge is 2.40. The van der Waals surface area contributed by atoms with Crippen molar-refractivity contribution in [3.05, 3.63) is 193 Å². The number of hydrogen-bond acceptors (Lipinski definition) is 3. The number of para-hydroxylation sites is 1. The van der Waals surface area contributed by atoms with Crippen LogP contribution >= 0.6 is 0 Å². The minimum absolute atomic E-state index is 0.246. The van der Waals surface area contributed by atoms with Crippen LogP contribution in [0.3, 0.4) is 0 Å². The largest absolute Gasteiger partial charge is 0.456 e.